The van der Waals surface area contributed by atoms with Gasteiger partial charge in [0.15, 0.2) is 0 Å². The first kappa shape index (κ1) is 17.7. The maximum Gasteiger partial charge on any atom is 0.241 e. The van der Waals surface area contributed by atoms with Gasteiger partial charge in [0.05, 0.1) is 28.7 Å². The lowest BCUT2D eigenvalue weighted by atomic mass is 10.1. The predicted octanol–water partition coefficient (Wildman–Crippen LogP) is 2.17. The molecule has 1 atom stereocenters. The maximum absolute atomic E-state index is 11.9. The number of anilines is 2. The fourth-order valence-electron chi connectivity index (χ4n) is 1.68. The van der Waals surface area contributed by atoms with Crippen LogP contribution in [0.15, 0.2) is 18.2 Å². The van der Waals surface area contributed by atoms with E-state index in [4.69, 9.17) is 17.3 Å². The van der Waals surface area contributed by atoms with Crippen molar-refractivity contribution in [3.8, 4) is 0 Å². The number of amides is 1. The Labute approximate surface area is 130 Å². The monoisotopic (exact) mass is 333 g/mol. The van der Waals surface area contributed by atoms with E-state index in [1.807, 2.05) is 6.92 Å². The van der Waals surface area contributed by atoms with Crippen molar-refractivity contribution in [2.75, 3.05) is 16.3 Å². The van der Waals surface area contributed by atoms with Gasteiger partial charge in [-0.05, 0) is 24.6 Å². The van der Waals surface area contributed by atoms with Crippen molar-refractivity contribution >= 4 is 38.9 Å². The second-order valence-corrected chi connectivity index (χ2v) is 6.96. The summed E-state index contributed by atoms with van der Waals surface area (Å²) in [6.45, 7) is 2.02. The minimum absolute atomic E-state index is 0.310. The van der Waals surface area contributed by atoms with Gasteiger partial charge in [0, 0.05) is 0 Å². The third-order valence-corrected chi connectivity index (χ3v) is 3.67. The van der Waals surface area contributed by atoms with Crippen LogP contribution in [-0.2, 0) is 14.8 Å². The second-order valence-electron chi connectivity index (χ2n) is 4.81. The first-order chi connectivity index (χ1) is 9.73. The molecule has 118 valence electrons. The summed E-state index contributed by atoms with van der Waals surface area (Å²) in [5, 5.41) is 2.92. The van der Waals surface area contributed by atoms with Gasteiger partial charge in [-0.15, -0.1) is 0 Å². The predicted molar refractivity (Wildman–Crippen MR) is 86.0 cm³/mol. The van der Waals surface area contributed by atoms with Gasteiger partial charge in [0.1, 0.15) is 0 Å². The number of benzene rings is 1. The van der Waals surface area contributed by atoms with Crippen molar-refractivity contribution in [3.05, 3.63) is 23.2 Å². The number of rotatable bonds is 7. The number of sulfonamides is 1. The van der Waals surface area contributed by atoms with E-state index in [1.54, 1.807) is 0 Å². The number of hydrogen-bond donors (Lipinski definition) is 3. The summed E-state index contributed by atoms with van der Waals surface area (Å²) >= 11 is 5.99. The smallest absolute Gasteiger partial charge is 0.241 e. The third-order valence-electron chi connectivity index (χ3n) is 2.73. The molecule has 0 bridgehead atoms. The summed E-state index contributed by atoms with van der Waals surface area (Å²) in [6, 6.07) is 3.85. The number of hydrogen-bond acceptors (Lipinski definition) is 4. The van der Waals surface area contributed by atoms with Gasteiger partial charge in [-0.2, -0.15) is 0 Å². The van der Waals surface area contributed by atoms with E-state index in [0.29, 0.717) is 22.8 Å². The topological polar surface area (TPSA) is 101 Å². The molecule has 0 unspecified atom stereocenters. The Morgan fingerprint density at radius 1 is 1.43 bits per heavy atom. The standard InChI is InChI=1S/C13H20ClN3O3S/c1-3-4-5-11(15)13(18)16-12-8-9(6-7-10(12)14)17-21(2,19)20/h6-8,11,17H,3-5,15H2,1-2H3,(H,16,18)/t11-/m0/s1. The van der Waals surface area contributed by atoms with Gasteiger partial charge in [0.25, 0.3) is 0 Å². The van der Waals surface area contributed by atoms with E-state index in [1.165, 1.54) is 18.2 Å². The van der Waals surface area contributed by atoms with Crippen molar-refractivity contribution in [3.63, 3.8) is 0 Å². The van der Waals surface area contributed by atoms with E-state index in [9.17, 15) is 13.2 Å². The molecule has 1 amide bonds. The maximum atomic E-state index is 11.9. The van der Waals surface area contributed by atoms with Crippen LogP contribution in [0.2, 0.25) is 5.02 Å². The number of halogens is 1. The van der Waals surface area contributed by atoms with Crippen LogP contribution in [0.5, 0.6) is 0 Å². The highest BCUT2D eigenvalue weighted by atomic mass is 35.5. The van der Waals surface area contributed by atoms with Gasteiger partial charge < -0.3 is 11.1 Å². The zero-order valence-corrected chi connectivity index (χ0v) is 13.6. The van der Waals surface area contributed by atoms with Crippen molar-refractivity contribution in [1.29, 1.82) is 0 Å². The molecule has 0 aromatic heterocycles. The number of unbranched alkanes of at least 4 members (excludes halogenated alkanes) is 1. The first-order valence-corrected chi connectivity index (χ1v) is 8.83. The van der Waals surface area contributed by atoms with Crippen LogP contribution in [0.3, 0.4) is 0 Å². The fraction of sp³-hybridized carbons (Fsp3) is 0.462. The summed E-state index contributed by atoms with van der Waals surface area (Å²) in [5.41, 5.74) is 6.41. The molecule has 0 fully saturated rings. The van der Waals surface area contributed by atoms with Gasteiger partial charge in [0.2, 0.25) is 15.9 Å². The van der Waals surface area contributed by atoms with E-state index in [-0.39, 0.29) is 5.91 Å². The Bertz CT molecular complexity index is 605. The average Bonchev–Trinajstić information content (AvgIpc) is 2.38. The molecule has 0 aliphatic carbocycles. The molecule has 0 aliphatic rings. The Hall–Kier alpha value is -1.31. The Balaban J connectivity index is 2.82. The highest BCUT2D eigenvalue weighted by molar-refractivity contribution is 7.92. The van der Waals surface area contributed by atoms with E-state index < -0.39 is 16.1 Å². The summed E-state index contributed by atoms with van der Waals surface area (Å²) in [5.74, 6) is -0.346. The normalized spacial score (nSPS) is 12.8. The van der Waals surface area contributed by atoms with E-state index in [2.05, 4.69) is 10.0 Å². The second kappa shape index (κ2) is 7.63. The third kappa shape index (κ3) is 6.33. The average molecular weight is 334 g/mol. The Kier molecular flexibility index (Phi) is 6.44. The molecule has 0 saturated carbocycles. The lowest BCUT2D eigenvalue weighted by Gasteiger charge is -2.14. The molecule has 21 heavy (non-hydrogen) atoms. The molecule has 1 aromatic rings. The minimum atomic E-state index is -3.39. The van der Waals surface area contributed by atoms with Crippen molar-refractivity contribution in [2.24, 2.45) is 5.73 Å². The van der Waals surface area contributed by atoms with Crippen molar-refractivity contribution in [2.45, 2.75) is 32.2 Å². The molecule has 0 radical (unpaired) electrons. The molecule has 6 nitrogen and oxygen atoms in total. The summed E-state index contributed by atoms with van der Waals surface area (Å²) in [4.78, 5) is 11.9. The van der Waals surface area contributed by atoms with Crippen LogP contribution < -0.4 is 15.8 Å². The Morgan fingerprint density at radius 3 is 2.67 bits per heavy atom. The molecule has 0 spiro atoms. The molecule has 1 rings (SSSR count). The molecule has 0 saturated heterocycles. The van der Waals surface area contributed by atoms with Crippen LogP contribution in [-0.4, -0.2) is 26.6 Å². The molecule has 1 aromatic carbocycles. The zero-order chi connectivity index (χ0) is 16.0. The van der Waals surface area contributed by atoms with Gasteiger partial charge in [-0.1, -0.05) is 31.4 Å². The number of carbonyl (C=O) groups is 1. The largest absolute Gasteiger partial charge is 0.323 e. The lowest BCUT2D eigenvalue weighted by molar-refractivity contribution is -0.117. The quantitative estimate of drug-likeness (QED) is 0.711. The van der Waals surface area contributed by atoms with Crippen LogP contribution in [0.1, 0.15) is 26.2 Å². The lowest BCUT2D eigenvalue weighted by Crippen LogP contribution is -2.35. The molecule has 4 N–H and O–H groups in total. The first-order valence-electron chi connectivity index (χ1n) is 6.56. The molecular weight excluding hydrogens is 314 g/mol. The number of nitrogens with one attached hydrogen (secondary N) is 2. The van der Waals surface area contributed by atoms with Crippen LogP contribution in [0.25, 0.3) is 0 Å². The van der Waals surface area contributed by atoms with Crippen molar-refractivity contribution in [1.82, 2.24) is 0 Å². The molecule has 0 heterocycles. The fourth-order valence-corrected chi connectivity index (χ4v) is 2.40. The highest BCUT2D eigenvalue weighted by Crippen LogP contribution is 2.26. The van der Waals surface area contributed by atoms with E-state index in [0.717, 1.165) is 19.1 Å². The van der Waals surface area contributed by atoms with Crippen molar-refractivity contribution < 1.29 is 13.2 Å². The summed E-state index contributed by atoms with van der Waals surface area (Å²) in [6.07, 6.45) is 3.44. The molecule has 8 heteroatoms. The highest BCUT2D eigenvalue weighted by Gasteiger charge is 2.15. The molecule has 0 aliphatic heterocycles. The number of carbonyl (C=O) groups excluding carboxylic acids is 1. The van der Waals surface area contributed by atoms with Gasteiger partial charge in [-0.25, -0.2) is 8.42 Å². The summed E-state index contributed by atoms with van der Waals surface area (Å²) in [7, 11) is -3.39. The SMILES string of the molecule is CCCC[C@H](N)C(=O)Nc1cc(NS(C)(=O)=O)ccc1Cl. The minimum Gasteiger partial charge on any atom is -0.323 e. The molecular formula is C13H20ClN3O3S. The van der Waals surface area contributed by atoms with Gasteiger partial charge in [-0.3, -0.25) is 9.52 Å². The van der Waals surface area contributed by atoms with Crippen LogP contribution in [0, 0.1) is 0 Å². The van der Waals surface area contributed by atoms with Crippen LogP contribution >= 0.6 is 11.6 Å². The van der Waals surface area contributed by atoms with Gasteiger partial charge >= 0.3 is 0 Å². The van der Waals surface area contributed by atoms with E-state index >= 15 is 0 Å². The number of nitrogens with two attached hydrogens (primary N) is 1. The van der Waals surface area contributed by atoms with Crippen LogP contribution in [0.4, 0.5) is 11.4 Å². The Morgan fingerprint density at radius 2 is 2.10 bits per heavy atom. The zero-order valence-electron chi connectivity index (χ0n) is 12.0. The summed E-state index contributed by atoms with van der Waals surface area (Å²) < 4.78 is 24.7.